The van der Waals surface area contributed by atoms with Gasteiger partial charge in [-0.2, -0.15) is 13.2 Å². The van der Waals surface area contributed by atoms with Gasteiger partial charge in [-0.1, -0.05) is 76.9 Å². The third kappa shape index (κ3) is 9.70. The number of nitrogens with zero attached hydrogens (tertiary/aromatic N) is 2. The van der Waals surface area contributed by atoms with E-state index in [1.165, 1.54) is 4.90 Å². The molecule has 0 aliphatic heterocycles. The highest BCUT2D eigenvalue weighted by Crippen LogP contribution is 2.37. The SMILES string of the molecule is CC[C@@H](C)NC(=O)[C@@H](Cc1ccccc1)N(Cc1cccc(Br)c1)C(=O)CN(c1ccc(Cl)c(C(F)(F)F)c1)S(C)(=O)=O. The zero-order valence-electron chi connectivity index (χ0n) is 23.7. The number of alkyl halides is 3. The number of benzene rings is 3. The Morgan fingerprint density at radius 3 is 2.23 bits per heavy atom. The van der Waals surface area contributed by atoms with E-state index in [4.69, 9.17) is 11.6 Å². The molecule has 0 aliphatic carbocycles. The molecule has 0 heterocycles. The van der Waals surface area contributed by atoms with Crippen molar-refractivity contribution in [1.29, 1.82) is 0 Å². The number of halogens is 5. The summed E-state index contributed by atoms with van der Waals surface area (Å²) in [4.78, 5) is 29.0. The summed E-state index contributed by atoms with van der Waals surface area (Å²) < 4.78 is 67.9. The average Bonchev–Trinajstić information content (AvgIpc) is 2.93. The molecule has 0 aliphatic rings. The van der Waals surface area contributed by atoms with Crippen molar-refractivity contribution in [2.45, 2.75) is 51.5 Å². The Labute approximate surface area is 263 Å². The number of hydrogen-bond donors (Lipinski definition) is 1. The molecular formula is C30H32BrClF3N3O4S. The molecule has 3 aromatic rings. The molecule has 0 saturated heterocycles. The first-order chi connectivity index (χ1) is 20.1. The third-order valence-electron chi connectivity index (χ3n) is 6.74. The molecule has 0 fully saturated rings. The van der Waals surface area contributed by atoms with Gasteiger partial charge in [0.2, 0.25) is 21.8 Å². The maximum Gasteiger partial charge on any atom is 0.417 e. The standard InChI is InChI=1S/C30H32BrClF3N3O4S/c1-4-20(2)36-29(40)27(16-21-9-6-5-7-10-21)37(18-22-11-8-12-23(31)15-22)28(39)19-38(43(3,41)42)24-13-14-26(32)25(17-24)30(33,34)35/h5-15,17,20,27H,4,16,18-19H2,1-3H3,(H,36,40)/t20-,27-/m1/s1. The minimum Gasteiger partial charge on any atom is -0.352 e. The Hall–Kier alpha value is -3.09. The number of nitrogens with one attached hydrogen (secondary N) is 1. The first kappa shape index (κ1) is 34.4. The molecule has 1 N–H and O–H groups in total. The highest BCUT2D eigenvalue weighted by molar-refractivity contribution is 9.10. The maximum atomic E-state index is 14.1. The summed E-state index contributed by atoms with van der Waals surface area (Å²) in [5.74, 6) is -1.23. The topological polar surface area (TPSA) is 86.8 Å². The normalized spacial score (nSPS) is 13.2. The van der Waals surface area contributed by atoms with Crippen LogP contribution < -0.4 is 9.62 Å². The summed E-state index contributed by atoms with van der Waals surface area (Å²) in [6.45, 7) is 2.79. The van der Waals surface area contributed by atoms with E-state index in [-0.39, 0.29) is 19.0 Å². The molecule has 3 aromatic carbocycles. The second kappa shape index (κ2) is 14.6. The minimum atomic E-state index is -4.86. The van der Waals surface area contributed by atoms with Crippen molar-refractivity contribution < 1.29 is 31.2 Å². The number of amides is 2. The lowest BCUT2D eigenvalue weighted by molar-refractivity contribution is -0.140. The summed E-state index contributed by atoms with van der Waals surface area (Å²) >= 11 is 9.16. The molecule has 0 unspecified atom stereocenters. The molecule has 0 radical (unpaired) electrons. The molecule has 0 aromatic heterocycles. The van der Waals surface area contributed by atoms with Gasteiger partial charge in [-0.3, -0.25) is 13.9 Å². The van der Waals surface area contributed by atoms with Crippen LogP contribution in [0.2, 0.25) is 5.02 Å². The summed E-state index contributed by atoms with van der Waals surface area (Å²) in [6, 6.07) is 17.4. The molecule has 0 bridgehead atoms. The maximum absolute atomic E-state index is 14.1. The van der Waals surface area contributed by atoms with E-state index in [0.717, 1.165) is 28.4 Å². The smallest absolute Gasteiger partial charge is 0.352 e. The van der Waals surface area contributed by atoms with Crippen LogP contribution in [0, 0.1) is 0 Å². The molecule has 7 nitrogen and oxygen atoms in total. The molecule has 232 valence electrons. The molecule has 3 rings (SSSR count). The Morgan fingerprint density at radius 2 is 1.65 bits per heavy atom. The van der Waals surface area contributed by atoms with Gasteiger partial charge < -0.3 is 10.2 Å². The third-order valence-corrected chi connectivity index (χ3v) is 8.70. The number of anilines is 1. The molecular weight excluding hydrogens is 671 g/mol. The molecule has 13 heteroatoms. The fourth-order valence-corrected chi connectivity index (χ4v) is 5.84. The largest absolute Gasteiger partial charge is 0.417 e. The highest BCUT2D eigenvalue weighted by atomic mass is 79.9. The zero-order valence-corrected chi connectivity index (χ0v) is 26.9. The van der Waals surface area contributed by atoms with Crippen molar-refractivity contribution in [3.05, 3.63) is 99.0 Å². The van der Waals surface area contributed by atoms with Crippen LogP contribution in [-0.4, -0.2) is 50.0 Å². The number of carbonyl (C=O) groups excluding carboxylic acids is 2. The van der Waals surface area contributed by atoms with Crippen LogP contribution in [0.25, 0.3) is 0 Å². The van der Waals surface area contributed by atoms with Crippen LogP contribution in [0.4, 0.5) is 18.9 Å². The van der Waals surface area contributed by atoms with Crippen LogP contribution in [0.15, 0.2) is 77.3 Å². The molecule has 0 spiro atoms. The summed E-state index contributed by atoms with van der Waals surface area (Å²) in [5.41, 5.74) is -0.229. The predicted molar refractivity (Wildman–Crippen MR) is 165 cm³/mol. The van der Waals surface area contributed by atoms with Gasteiger partial charge in [0.05, 0.1) is 22.5 Å². The molecule has 2 atom stereocenters. The van der Waals surface area contributed by atoms with E-state index in [1.807, 2.05) is 19.9 Å². The monoisotopic (exact) mass is 701 g/mol. The van der Waals surface area contributed by atoms with Crippen molar-refractivity contribution in [3.63, 3.8) is 0 Å². The highest BCUT2D eigenvalue weighted by Gasteiger charge is 2.36. The molecule has 2 amide bonds. The van der Waals surface area contributed by atoms with E-state index >= 15 is 0 Å². The van der Waals surface area contributed by atoms with Crippen molar-refractivity contribution in [1.82, 2.24) is 10.2 Å². The van der Waals surface area contributed by atoms with Gasteiger partial charge >= 0.3 is 6.18 Å². The number of carbonyl (C=O) groups is 2. The Morgan fingerprint density at radius 1 is 1.00 bits per heavy atom. The van der Waals surface area contributed by atoms with E-state index in [1.54, 1.807) is 48.5 Å². The van der Waals surface area contributed by atoms with E-state index in [2.05, 4.69) is 21.2 Å². The lowest BCUT2D eigenvalue weighted by Crippen LogP contribution is -2.54. The number of hydrogen-bond acceptors (Lipinski definition) is 4. The summed E-state index contributed by atoms with van der Waals surface area (Å²) in [7, 11) is -4.26. The zero-order chi connectivity index (χ0) is 31.9. The fourth-order valence-electron chi connectivity index (χ4n) is 4.33. The van der Waals surface area contributed by atoms with Gasteiger partial charge in [-0.15, -0.1) is 0 Å². The average molecular weight is 703 g/mol. The van der Waals surface area contributed by atoms with E-state index in [0.29, 0.717) is 22.4 Å². The Kier molecular flexibility index (Phi) is 11.7. The summed E-state index contributed by atoms with van der Waals surface area (Å²) in [5, 5.41) is 2.30. The predicted octanol–water partition coefficient (Wildman–Crippen LogP) is 6.44. The second-order valence-corrected chi connectivity index (χ2v) is 13.3. The minimum absolute atomic E-state index is 0.0737. The van der Waals surface area contributed by atoms with Gasteiger partial charge in [0.25, 0.3) is 0 Å². The first-order valence-corrected chi connectivity index (χ1v) is 16.3. The van der Waals surface area contributed by atoms with Crippen molar-refractivity contribution in [2.75, 3.05) is 17.1 Å². The van der Waals surface area contributed by atoms with Crippen LogP contribution in [0.3, 0.4) is 0 Å². The van der Waals surface area contributed by atoms with Gasteiger partial charge in [0.1, 0.15) is 12.6 Å². The van der Waals surface area contributed by atoms with Crippen LogP contribution in [0.1, 0.15) is 37.0 Å². The van der Waals surface area contributed by atoms with Gasteiger partial charge in [-0.25, -0.2) is 8.42 Å². The Balaban J connectivity index is 2.11. The number of sulfonamides is 1. The summed E-state index contributed by atoms with van der Waals surface area (Å²) in [6.07, 6.45) is -3.33. The molecule has 0 saturated carbocycles. The molecule has 43 heavy (non-hydrogen) atoms. The van der Waals surface area contributed by atoms with Crippen LogP contribution in [-0.2, 0) is 38.8 Å². The lowest BCUT2D eigenvalue weighted by atomic mass is 10.0. The van der Waals surface area contributed by atoms with Crippen LogP contribution in [0.5, 0.6) is 0 Å². The van der Waals surface area contributed by atoms with Crippen molar-refractivity contribution in [2.24, 2.45) is 0 Å². The fraction of sp³-hybridized carbons (Fsp3) is 0.333. The lowest BCUT2D eigenvalue weighted by Gasteiger charge is -2.34. The van der Waals surface area contributed by atoms with Crippen molar-refractivity contribution in [3.8, 4) is 0 Å². The van der Waals surface area contributed by atoms with Gasteiger partial charge in [0, 0.05) is 23.5 Å². The first-order valence-electron chi connectivity index (χ1n) is 13.3. The van der Waals surface area contributed by atoms with Crippen LogP contribution >= 0.6 is 27.5 Å². The quantitative estimate of drug-likeness (QED) is 0.236. The van der Waals surface area contributed by atoms with E-state index < -0.39 is 56.9 Å². The van der Waals surface area contributed by atoms with Gasteiger partial charge in [0.15, 0.2) is 0 Å². The number of rotatable bonds is 12. The van der Waals surface area contributed by atoms with Crippen molar-refractivity contribution >= 4 is 55.1 Å². The second-order valence-electron chi connectivity index (χ2n) is 10.1. The Bertz CT molecular complexity index is 1540. The van der Waals surface area contributed by atoms with E-state index in [9.17, 15) is 31.2 Å². The van der Waals surface area contributed by atoms with Gasteiger partial charge in [-0.05, 0) is 54.8 Å².